The van der Waals surface area contributed by atoms with Crippen molar-refractivity contribution in [3.63, 3.8) is 0 Å². The number of aromatic nitrogens is 2. The molecule has 136 valence electrons. The van der Waals surface area contributed by atoms with Crippen LogP contribution in [0.5, 0.6) is 0 Å². The van der Waals surface area contributed by atoms with Gasteiger partial charge in [-0.3, -0.25) is 4.90 Å². The number of aryl methyl sites for hydroxylation is 1. The minimum atomic E-state index is -0.326. The number of hydrogen-bond donors (Lipinski definition) is 0. The second-order valence-corrected chi connectivity index (χ2v) is 7.01. The molecule has 0 amide bonds. The summed E-state index contributed by atoms with van der Waals surface area (Å²) in [6.45, 7) is 5.44. The van der Waals surface area contributed by atoms with Crippen LogP contribution in [0.4, 0.5) is 10.2 Å². The molecule has 5 nitrogen and oxygen atoms in total. The summed E-state index contributed by atoms with van der Waals surface area (Å²) in [6, 6.07) is 9.94. The summed E-state index contributed by atoms with van der Waals surface area (Å²) in [5, 5.41) is 8.87. The number of rotatable bonds is 5. The van der Waals surface area contributed by atoms with Crippen molar-refractivity contribution < 1.29 is 4.39 Å². The van der Waals surface area contributed by atoms with E-state index in [1.54, 1.807) is 6.92 Å². The monoisotopic (exact) mass is 353 g/mol. The van der Waals surface area contributed by atoms with Gasteiger partial charge >= 0.3 is 0 Å². The maximum atomic E-state index is 14.2. The standard InChI is InChI=1S/C20H24FN5/c1-15-19(21)20(24-14-23-15)25(2)12-18-7-9-26(10-8-18)13-17-5-3-16(11-22)4-6-17/h3-6,14,18H,7-10,12-13H2,1-2H3. The number of hydrogen-bond acceptors (Lipinski definition) is 5. The van der Waals surface area contributed by atoms with Crippen LogP contribution >= 0.6 is 0 Å². The van der Waals surface area contributed by atoms with Crippen LogP contribution in [0, 0.1) is 30.0 Å². The molecule has 0 atom stereocenters. The van der Waals surface area contributed by atoms with Crippen molar-refractivity contribution >= 4 is 5.82 Å². The van der Waals surface area contributed by atoms with E-state index in [4.69, 9.17) is 5.26 Å². The summed E-state index contributed by atoms with van der Waals surface area (Å²) < 4.78 is 14.2. The summed E-state index contributed by atoms with van der Waals surface area (Å²) in [6.07, 6.45) is 3.60. The molecule has 0 spiro atoms. The number of anilines is 1. The van der Waals surface area contributed by atoms with Crippen molar-refractivity contribution in [3.05, 3.63) is 53.2 Å². The van der Waals surface area contributed by atoms with Crippen molar-refractivity contribution in [3.8, 4) is 6.07 Å². The Morgan fingerprint density at radius 1 is 1.23 bits per heavy atom. The predicted octanol–water partition coefficient (Wildman–Crippen LogP) is 3.14. The van der Waals surface area contributed by atoms with Crippen LogP contribution in [0.3, 0.4) is 0 Å². The SMILES string of the molecule is Cc1ncnc(N(C)CC2CCN(Cc3ccc(C#N)cc3)CC2)c1F. The molecule has 0 unspecified atom stereocenters. The Hall–Kier alpha value is -2.52. The molecule has 1 saturated heterocycles. The molecule has 2 heterocycles. The first kappa shape index (κ1) is 18.3. The molecular weight excluding hydrogens is 329 g/mol. The zero-order chi connectivity index (χ0) is 18.5. The van der Waals surface area contributed by atoms with Gasteiger partial charge in [0.05, 0.1) is 17.3 Å². The zero-order valence-corrected chi connectivity index (χ0v) is 15.3. The quantitative estimate of drug-likeness (QED) is 0.826. The lowest BCUT2D eigenvalue weighted by Gasteiger charge is -2.34. The van der Waals surface area contributed by atoms with E-state index in [9.17, 15) is 4.39 Å². The molecule has 2 aromatic rings. The van der Waals surface area contributed by atoms with Gasteiger partial charge in [-0.05, 0) is 56.5 Å². The number of nitriles is 1. The average molecular weight is 353 g/mol. The van der Waals surface area contributed by atoms with Crippen LogP contribution in [0.15, 0.2) is 30.6 Å². The van der Waals surface area contributed by atoms with Crippen molar-refractivity contribution in [1.82, 2.24) is 14.9 Å². The normalized spacial score (nSPS) is 15.6. The third kappa shape index (κ3) is 4.36. The molecule has 0 radical (unpaired) electrons. The highest BCUT2D eigenvalue weighted by atomic mass is 19.1. The lowest BCUT2D eigenvalue weighted by Crippen LogP contribution is -2.37. The predicted molar refractivity (Wildman–Crippen MR) is 99.2 cm³/mol. The molecule has 0 aliphatic carbocycles. The van der Waals surface area contributed by atoms with Crippen molar-refractivity contribution in [1.29, 1.82) is 5.26 Å². The average Bonchev–Trinajstić information content (AvgIpc) is 2.66. The molecule has 26 heavy (non-hydrogen) atoms. The molecule has 3 rings (SSSR count). The number of halogens is 1. The Kier molecular flexibility index (Phi) is 5.79. The van der Waals surface area contributed by atoms with Gasteiger partial charge in [0.2, 0.25) is 0 Å². The van der Waals surface area contributed by atoms with Gasteiger partial charge in [0.15, 0.2) is 11.6 Å². The van der Waals surface area contributed by atoms with Gasteiger partial charge in [-0.1, -0.05) is 12.1 Å². The Morgan fingerprint density at radius 3 is 2.58 bits per heavy atom. The highest BCUT2D eigenvalue weighted by molar-refractivity contribution is 5.39. The van der Waals surface area contributed by atoms with Gasteiger partial charge in [-0.2, -0.15) is 5.26 Å². The molecule has 6 heteroatoms. The van der Waals surface area contributed by atoms with Gasteiger partial charge in [0.25, 0.3) is 0 Å². The Labute approximate surface area is 154 Å². The molecule has 1 aromatic heterocycles. The first-order chi connectivity index (χ1) is 12.6. The highest BCUT2D eigenvalue weighted by Gasteiger charge is 2.22. The number of benzene rings is 1. The second-order valence-electron chi connectivity index (χ2n) is 7.01. The summed E-state index contributed by atoms with van der Waals surface area (Å²) >= 11 is 0. The Bertz CT molecular complexity index is 776. The smallest absolute Gasteiger partial charge is 0.186 e. The molecule has 1 fully saturated rings. The molecule has 1 aliphatic heterocycles. The summed E-state index contributed by atoms with van der Waals surface area (Å²) in [5.74, 6) is 0.595. The van der Waals surface area contributed by atoms with Crippen LogP contribution in [-0.4, -0.2) is 41.5 Å². The molecule has 1 aromatic carbocycles. The van der Waals surface area contributed by atoms with E-state index in [1.165, 1.54) is 11.9 Å². The highest BCUT2D eigenvalue weighted by Crippen LogP contribution is 2.23. The molecule has 0 N–H and O–H groups in total. The third-order valence-electron chi connectivity index (χ3n) is 5.04. The molecule has 1 aliphatic rings. The van der Waals surface area contributed by atoms with Gasteiger partial charge in [-0.15, -0.1) is 0 Å². The van der Waals surface area contributed by atoms with Crippen molar-refractivity contribution in [2.75, 3.05) is 31.6 Å². The zero-order valence-electron chi connectivity index (χ0n) is 15.3. The van der Waals surface area contributed by atoms with Gasteiger partial charge in [0.1, 0.15) is 6.33 Å². The fraction of sp³-hybridized carbons (Fsp3) is 0.450. The fourth-order valence-corrected chi connectivity index (χ4v) is 3.46. The van der Waals surface area contributed by atoms with E-state index in [0.717, 1.165) is 39.0 Å². The number of piperidine rings is 1. The van der Waals surface area contributed by atoms with Crippen LogP contribution in [0.1, 0.15) is 29.7 Å². The first-order valence-corrected chi connectivity index (χ1v) is 8.96. The largest absolute Gasteiger partial charge is 0.357 e. The van der Waals surface area contributed by atoms with E-state index in [1.807, 2.05) is 36.2 Å². The first-order valence-electron chi connectivity index (χ1n) is 8.96. The number of nitrogens with zero attached hydrogens (tertiary/aromatic N) is 5. The second kappa shape index (κ2) is 8.24. The summed E-state index contributed by atoms with van der Waals surface area (Å²) in [4.78, 5) is 12.3. The van der Waals surface area contributed by atoms with Crippen LogP contribution in [0.25, 0.3) is 0 Å². The lowest BCUT2D eigenvalue weighted by molar-refractivity contribution is 0.179. The molecule has 0 bridgehead atoms. The summed E-state index contributed by atoms with van der Waals surface area (Å²) in [7, 11) is 1.90. The van der Waals surface area contributed by atoms with E-state index >= 15 is 0 Å². The van der Waals surface area contributed by atoms with Crippen molar-refractivity contribution in [2.24, 2.45) is 5.92 Å². The van der Waals surface area contributed by atoms with E-state index in [0.29, 0.717) is 23.0 Å². The van der Waals surface area contributed by atoms with Gasteiger partial charge in [-0.25, -0.2) is 14.4 Å². The third-order valence-corrected chi connectivity index (χ3v) is 5.04. The Balaban J connectivity index is 1.50. The minimum absolute atomic E-state index is 0.326. The van der Waals surface area contributed by atoms with E-state index < -0.39 is 0 Å². The van der Waals surface area contributed by atoms with E-state index in [-0.39, 0.29) is 5.82 Å². The molecular formula is C20H24FN5. The fourth-order valence-electron chi connectivity index (χ4n) is 3.46. The van der Waals surface area contributed by atoms with E-state index in [2.05, 4.69) is 20.9 Å². The summed E-state index contributed by atoms with van der Waals surface area (Å²) in [5.41, 5.74) is 2.32. The van der Waals surface area contributed by atoms with Crippen molar-refractivity contribution in [2.45, 2.75) is 26.3 Å². The van der Waals surface area contributed by atoms with Gasteiger partial charge in [0, 0.05) is 20.1 Å². The number of likely N-dealkylation sites (tertiary alicyclic amines) is 1. The van der Waals surface area contributed by atoms with Crippen LogP contribution in [0.2, 0.25) is 0 Å². The van der Waals surface area contributed by atoms with Crippen LogP contribution < -0.4 is 4.90 Å². The maximum absolute atomic E-state index is 14.2. The lowest BCUT2D eigenvalue weighted by atomic mass is 9.96. The topological polar surface area (TPSA) is 56.1 Å². The minimum Gasteiger partial charge on any atom is -0.357 e. The van der Waals surface area contributed by atoms with Gasteiger partial charge < -0.3 is 4.90 Å². The molecule has 0 saturated carbocycles. The van der Waals surface area contributed by atoms with Crippen LogP contribution in [-0.2, 0) is 6.54 Å². The maximum Gasteiger partial charge on any atom is 0.186 e. The Morgan fingerprint density at radius 2 is 1.92 bits per heavy atom.